The molecule has 0 aliphatic rings. The molecule has 0 aromatic heterocycles. The molecule has 0 radical (unpaired) electrons. The lowest BCUT2D eigenvalue weighted by atomic mass is 9.94. The number of rotatable bonds is 4. The number of methoxy groups -OCH3 is 2. The van der Waals surface area contributed by atoms with Crippen LogP contribution in [0, 0.1) is 6.92 Å². The minimum absolute atomic E-state index is 0.410. The van der Waals surface area contributed by atoms with Crippen molar-refractivity contribution in [1.29, 1.82) is 0 Å². The van der Waals surface area contributed by atoms with Crippen LogP contribution in [0.5, 0.6) is 11.5 Å². The Morgan fingerprint density at radius 2 is 1.75 bits per heavy atom. The molecule has 0 heterocycles. The van der Waals surface area contributed by atoms with Gasteiger partial charge in [0.25, 0.3) is 0 Å². The quantitative estimate of drug-likeness (QED) is 0.858. The summed E-state index contributed by atoms with van der Waals surface area (Å²) >= 11 is 0. The fourth-order valence-corrected chi connectivity index (χ4v) is 1.63. The van der Waals surface area contributed by atoms with E-state index in [0.29, 0.717) is 17.1 Å². The highest BCUT2D eigenvalue weighted by Gasteiger charge is 2.28. The van der Waals surface area contributed by atoms with Crippen molar-refractivity contribution in [2.45, 2.75) is 19.5 Å². The second-order valence-electron chi connectivity index (χ2n) is 3.88. The Hall–Kier alpha value is -1.29. The lowest BCUT2D eigenvalue weighted by Gasteiger charge is -2.22. The summed E-state index contributed by atoms with van der Waals surface area (Å²) in [6.45, 7) is 2.54. The Kier molecular flexibility index (Phi) is 3.75. The Bertz CT molecular complexity index is 375. The standard InChI is InChI=1S/C12H17FO3/c1-8-5-10(15-3)11(16-4)6-9(8)12(2,13)7-14/h5-6,14H,7H2,1-4H3. The molecule has 1 aromatic carbocycles. The molecule has 1 unspecified atom stereocenters. The molecule has 0 saturated carbocycles. The van der Waals surface area contributed by atoms with Crippen molar-refractivity contribution < 1.29 is 19.0 Å². The molecule has 4 heteroatoms. The van der Waals surface area contributed by atoms with Crippen LogP contribution in [0.15, 0.2) is 12.1 Å². The van der Waals surface area contributed by atoms with Gasteiger partial charge in [-0.25, -0.2) is 4.39 Å². The molecule has 0 aliphatic heterocycles. The van der Waals surface area contributed by atoms with Gasteiger partial charge < -0.3 is 14.6 Å². The Morgan fingerprint density at radius 1 is 1.25 bits per heavy atom. The monoisotopic (exact) mass is 228 g/mol. The maximum atomic E-state index is 14.0. The van der Waals surface area contributed by atoms with Crippen molar-refractivity contribution in [1.82, 2.24) is 0 Å². The predicted molar refractivity (Wildman–Crippen MR) is 59.8 cm³/mol. The first kappa shape index (κ1) is 12.8. The van der Waals surface area contributed by atoms with Crippen LogP contribution in [-0.2, 0) is 5.67 Å². The highest BCUT2D eigenvalue weighted by molar-refractivity contribution is 5.48. The van der Waals surface area contributed by atoms with Gasteiger partial charge in [-0.2, -0.15) is 0 Å². The van der Waals surface area contributed by atoms with E-state index >= 15 is 0 Å². The molecule has 0 saturated heterocycles. The van der Waals surface area contributed by atoms with E-state index in [-0.39, 0.29) is 0 Å². The van der Waals surface area contributed by atoms with Gasteiger partial charge in [0.2, 0.25) is 0 Å². The molecule has 0 spiro atoms. The summed E-state index contributed by atoms with van der Waals surface area (Å²) in [6, 6.07) is 3.26. The Morgan fingerprint density at radius 3 is 2.19 bits per heavy atom. The van der Waals surface area contributed by atoms with Crippen molar-refractivity contribution in [2.75, 3.05) is 20.8 Å². The van der Waals surface area contributed by atoms with E-state index in [1.54, 1.807) is 19.1 Å². The van der Waals surface area contributed by atoms with Gasteiger partial charge in [0.15, 0.2) is 17.2 Å². The third-order valence-electron chi connectivity index (χ3n) is 2.59. The first-order valence-electron chi connectivity index (χ1n) is 4.99. The molecule has 90 valence electrons. The zero-order valence-electron chi connectivity index (χ0n) is 10.0. The Balaban J connectivity index is 3.32. The number of hydrogen-bond donors (Lipinski definition) is 1. The van der Waals surface area contributed by atoms with Gasteiger partial charge in [-0.1, -0.05) is 0 Å². The predicted octanol–water partition coefficient (Wildman–Crippen LogP) is 2.19. The van der Waals surface area contributed by atoms with Crippen molar-refractivity contribution in [3.8, 4) is 11.5 Å². The number of benzene rings is 1. The number of hydrogen-bond acceptors (Lipinski definition) is 3. The maximum Gasteiger partial charge on any atom is 0.161 e. The minimum atomic E-state index is -1.77. The van der Waals surface area contributed by atoms with Gasteiger partial charge >= 0.3 is 0 Å². The van der Waals surface area contributed by atoms with Gasteiger partial charge in [-0.3, -0.25) is 0 Å². The van der Waals surface area contributed by atoms with Gasteiger partial charge in [0.1, 0.15) is 0 Å². The van der Waals surface area contributed by atoms with Crippen LogP contribution in [0.2, 0.25) is 0 Å². The summed E-state index contributed by atoms with van der Waals surface area (Å²) in [5.41, 5.74) is -0.645. The molecular weight excluding hydrogens is 211 g/mol. The smallest absolute Gasteiger partial charge is 0.161 e. The second-order valence-corrected chi connectivity index (χ2v) is 3.88. The van der Waals surface area contributed by atoms with Crippen LogP contribution in [0.25, 0.3) is 0 Å². The van der Waals surface area contributed by atoms with E-state index in [4.69, 9.17) is 14.6 Å². The van der Waals surface area contributed by atoms with E-state index in [9.17, 15) is 4.39 Å². The molecule has 3 nitrogen and oxygen atoms in total. The van der Waals surface area contributed by atoms with Gasteiger partial charge in [-0.15, -0.1) is 0 Å². The van der Waals surface area contributed by atoms with Gasteiger partial charge in [0.05, 0.1) is 20.8 Å². The highest BCUT2D eigenvalue weighted by Crippen LogP contribution is 2.36. The number of ether oxygens (including phenoxy) is 2. The summed E-state index contributed by atoms with van der Waals surface area (Å²) in [6.07, 6.45) is 0. The van der Waals surface area contributed by atoms with Gasteiger partial charge in [-0.05, 0) is 37.1 Å². The van der Waals surface area contributed by atoms with Crippen molar-refractivity contribution >= 4 is 0 Å². The fraction of sp³-hybridized carbons (Fsp3) is 0.500. The average Bonchev–Trinajstić information content (AvgIpc) is 2.28. The molecule has 0 fully saturated rings. The first-order chi connectivity index (χ1) is 7.46. The molecule has 0 bridgehead atoms. The number of alkyl halides is 1. The normalized spacial score (nSPS) is 14.4. The summed E-state index contributed by atoms with van der Waals surface area (Å²) in [4.78, 5) is 0. The molecule has 1 atom stereocenters. The largest absolute Gasteiger partial charge is 0.493 e. The van der Waals surface area contributed by atoms with E-state index < -0.39 is 12.3 Å². The minimum Gasteiger partial charge on any atom is -0.493 e. The van der Waals surface area contributed by atoms with Crippen molar-refractivity contribution in [2.24, 2.45) is 0 Å². The molecular formula is C12H17FO3. The number of aryl methyl sites for hydroxylation is 1. The highest BCUT2D eigenvalue weighted by atomic mass is 19.1. The summed E-state index contributed by atoms with van der Waals surface area (Å²) in [7, 11) is 3.02. The van der Waals surface area contributed by atoms with Crippen LogP contribution >= 0.6 is 0 Å². The zero-order valence-corrected chi connectivity index (χ0v) is 10.0. The summed E-state index contributed by atoms with van der Waals surface area (Å²) in [5, 5.41) is 9.01. The van der Waals surface area contributed by atoms with Crippen molar-refractivity contribution in [3.63, 3.8) is 0 Å². The summed E-state index contributed by atoms with van der Waals surface area (Å²) in [5.74, 6) is 1.01. The van der Waals surface area contributed by atoms with E-state index in [2.05, 4.69) is 0 Å². The zero-order chi connectivity index (χ0) is 12.3. The topological polar surface area (TPSA) is 38.7 Å². The van der Waals surface area contributed by atoms with Gasteiger partial charge in [0, 0.05) is 0 Å². The van der Waals surface area contributed by atoms with Crippen LogP contribution in [0.3, 0.4) is 0 Å². The van der Waals surface area contributed by atoms with E-state index in [1.807, 2.05) is 0 Å². The first-order valence-corrected chi connectivity index (χ1v) is 4.99. The molecule has 0 aliphatic carbocycles. The molecule has 1 aromatic rings. The summed E-state index contributed by atoms with van der Waals surface area (Å²) < 4.78 is 24.2. The third-order valence-corrected chi connectivity index (χ3v) is 2.59. The lowest BCUT2D eigenvalue weighted by molar-refractivity contribution is 0.0859. The molecule has 0 amide bonds. The number of halogens is 1. The molecule has 16 heavy (non-hydrogen) atoms. The van der Waals surface area contributed by atoms with Crippen LogP contribution in [0.1, 0.15) is 18.1 Å². The third kappa shape index (κ3) is 2.27. The fourth-order valence-electron chi connectivity index (χ4n) is 1.63. The lowest BCUT2D eigenvalue weighted by Crippen LogP contribution is -2.21. The van der Waals surface area contributed by atoms with Crippen LogP contribution in [0.4, 0.5) is 4.39 Å². The number of aliphatic hydroxyl groups excluding tert-OH is 1. The average molecular weight is 228 g/mol. The van der Waals surface area contributed by atoms with Crippen LogP contribution in [-0.4, -0.2) is 25.9 Å². The van der Waals surface area contributed by atoms with Crippen molar-refractivity contribution in [3.05, 3.63) is 23.3 Å². The van der Waals surface area contributed by atoms with E-state index in [1.165, 1.54) is 21.1 Å². The van der Waals surface area contributed by atoms with E-state index in [0.717, 1.165) is 5.56 Å². The Labute approximate surface area is 94.8 Å². The molecule has 1 N–H and O–H groups in total. The van der Waals surface area contributed by atoms with Crippen LogP contribution < -0.4 is 9.47 Å². The number of aliphatic hydroxyl groups is 1. The SMILES string of the molecule is COc1cc(C)c(C(C)(F)CO)cc1OC. The molecule has 1 rings (SSSR count). The maximum absolute atomic E-state index is 14.0. The second kappa shape index (κ2) is 4.70.